The van der Waals surface area contributed by atoms with Crippen molar-refractivity contribution in [1.29, 1.82) is 0 Å². The summed E-state index contributed by atoms with van der Waals surface area (Å²) in [6, 6.07) is 73.0. The Labute approximate surface area is 327 Å². The Morgan fingerprint density at radius 1 is 0.411 bits per heavy atom. The van der Waals surface area contributed by atoms with E-state index in [0.717, 1.165) is 22.7 Å². The minimum atomic E-state index is -0.104. The zero-order chi connectivity index (χ0) is 37.4. The molecule has 3 heteroatoms. The molecule has 3 nitrogen and oxygen atoms in total. The summed E-state index contributed by atoms with van der Waals surface area (Å²) in [5.41, 5.74) is 19.4. The lowest BCUT2D eigenvalue weighted by Crippen LogP contribution is -2.16. The van der Waals surface area contributed by atoms with Gasteiger partial charge in [0.15, 0.2) is 0 Å². The van der Waals surface area contributed by atoms with Gasteiger partial charge in [0.25, 0.3) is 0 Å². The maximum Gasteiger partial charge on any atom is 0.131 e. The number of rotatable bonds is 6. The standard InChI is InChI=1S/C53H39N3/c1-53(2)46-21-11-9-19-43(46)44-34-33-42(35-47(44)53)54(39-27-25-37(26-28-39)36-15-5-3-6-16-36)40-29-31-41(32-30-40)55-49-23-13-14-24-50(49)56-48-22-12-10-20-45(48)51(52(55)56)38-17-7-4-8-18-38/h3-35H,1-2H3. The zero-order valence-electron chi connectivity index (χ0n) is 31.4. The number of hydrogen-bond donors (Lipinski definition) is 0. The lowest BCUT2D eigenvalue weighted by Gasteiger charge is -2.28. The van der Waals surface area contributed by atoms with E-state index in [-0.39, 0.29) is 5.41 Å². The van der Waals surface area contributed by atoms with E-state index in [9.17, 15) is 0 Å². The summed E-state index contributed by atoms with van der Waals surface area (Å²) in [4.78, 5) is 2.40. The highest BCUT2D eigenvalue weighted by Gasteiger charge is 2.35. The van der Waals surface area contributed by atoms with Crippen molar-refractivity contribution in [3.63, 3.8) is 0 Å². The maximum atomic E-state index is 2.44. The van der Waals surface area contributed by atoms with Crippen LogP contribution >= 0.6 is 0 Å². The van der Waals surface area contributed by atoms with E-state index in [1.807, 2.05) is 0 Å². The summed E-state index contributed by atoms with van der Waals surface area (Å²) in [6.45, 7) is 4.71. The lowest BCUT2D eigenvalue weighted by molar-refractivity contribution is 0.660. The normalized spacial score (nSPS) is 13.0. The molecule has 8 aromatic carbocycles. The molecule has 0 bridgehead atoms. The van der Waals surface area contributed by atoms with Gasteiger partial charge in [0.05, 0.1) is 16.6 Å². The van der Waals surface area contributed by atoms with Crippen LogP contribution in [0.2, 0.25) is 0 Å². The lowest BCUT2D eigenvalue weighted by atomic mass is 9.82. The molecule has 0 fully saturated rings. The number of hydrogen-bond acceptors (Lipinski definition) is 1. The first-order valence-corrected chi connectivity index (χ1v) is 19.4. The first-order valence-electron chi connectivity index (χ1n) is 19.4. The first kappa shape index (κ1) is 32.3. The fraction of sp³-hybridized carbons (Fsp3) is 0.0566. The number of para-hydroxylation sites is 3. The highest BCUT2D eigenvalue weighted by molar-refractivity contribution is 6.09. The van der Waals surface area contributed by atoms with Crippen LogP contribution in [0, 0.1) is 0 Å². The predicted molar refractivity (Wildman–Crippen MR) is 235 cm³/mol. The summed E-state index contributed by atoms with van der Waals surface area (Å²) in [7, 11) is 0. The van der Waals surface area contributed by atoms with Crippen LogP contribution in [0.4, 0.5) is 17.1 Å². The summed E-state index contributed by atoms with van der Waals surface area (Å²) in [5, 5.41) is 1.25. The van der Waals surface area contributed by atoms with Crippen molar-refractivity contribution in [1.82, 2.24) is 8.97 Å². The Bertz CT molecular complexity index is 3080. The molecule has 0 N–H and O–H groups in total. The van der Waals surface area contributed by atoms with E-state index in [0.29, 0.717) is 0 Å². The van der Waals surface area contributed by atoms with Crippen LogP contribution < -0.4 is 4.90 Å². The number of anilines is 3. The van der Waals surface area contributed by atoms with Gasteiger partial charge in [-0.3, -0.25) is 8.97 Å². The summed E-state index contributed by atoms with van der Waals surface area (Å²) in [6.07, 6.45) is 0. The minimum Gasteiger partial charge on any atom is -0.310 e. The van der Waals surface area contributed by atoms with Crippen molar-refractivity contribution in [2.75, 3.05) is 4.90 Å². The van der Waals surface area contributed by atoms with Crippen molar-refractivity contribution in [3.05, 3.63) is 211 Å². The van der Waals surface area contributed by atoms with Crippen LogP contribution in [-0.4, -0.2) is 8.97 Å². The zero-order valence-corrected chi connectivity index (χ0v) is 31.4. The van der Waals surface area contributed by atoms with Gasteiger partial charge in [-0.25, -0.2) is 0 Å². The van der Waals surface area contributed by atoms with Gasteiger partial charge in [-0.05, 0) is 106 Å². The second-order valence-corrected chi connectivity index (χ2v) is 15.4. The molecule has 266 valence electrons. The second kappa shape index (κ2) is 12.5. The molecule has 0 saturated carbocycles. The van der Waals surface area contributed by atoms with Gasteiger partial charge in [0, 0.05) is 39.1 Å². The largest absolute Gasteiger partial charge is 0.310 e. The molecule has 0 atom stereocenters. The van der Waals surface area contributed by atoms with Crippen LogP contribution in [0.25, 0.3) is 66.7 Å². The van der Waals surface area contributed by atoms with Gasteiger partial charge in [0.2, 0.25) is 0 Å². The summed E-state index contributed by atoms with van der Waals surface area (Å²) >= 11 is 0. The van der Waals surface area contributed by atoms with E-state index in [1.54, 1.807) is 0 Å². The Hall–Kier alpha value is -7.10. The van der Waals surface area contributed by atoms with Crippen molar-refractivity contribution in [3.8, 4) is 39.1 Å². The Morgan fingerprint density at radius 3 is 1.68 bits per heavy atom. The van der Waals surface area contributed by atoms with Crippen LogP contribution in [0.1, 0.15) is 25.0 Å². The molecule has 10 aromatic rings. The van der Waals surface area contributed by atoms with Crippen molar-refractivity contribution in [2.24, 2.45) is 0 Å². The second-order valence-electron chi connectivity index (χ2n) is 15.4. The maximum absolute atomic E-state index is 2.44. The molecular formula is C53H39N3. The van der Waals surface area contributed by atoms with Crippen LogP contribution in [0.15, 0.2) is 200 Å². The quantitative estimate of drug-likeness (QED) is 0.167. The average molecular weight is 718 g/mol. The summed E-state index contributed by atoms with van der Waals surface area (Å²) in [5.74, 6) is 0. The van der Waals surface area contributed by atoms with Gasteiger partial charge in [0.1, 0.15) is 5.65 Å². The topological polar surface area (TPSA) is 12.6 Å². The fourth-order valence-corrected chi connectivity index (χ4v) is 9.25. The van der Waals surface area contributed by atoms with Gasteiger partial charge < -0.3 is 4.90 Å². The third-order valence-electron chi connectivity index (χ3n) is 11.9. The van der Waals surface area contributed by atoms with E-state index in [4.69, 9.17) is 0 Å². The van der Waals surface area contributed by atoms with Gasteiger partial charge in [-0.1, -0.05) is 147 Å². The molecule has 11 rings (SSSR count). The summed E-state index contributed by atoms with van der Waals surface area (Å²) < 4.78 is 4.88. The molecule has 2 aromatic heterocycles. The monoisotopic (exact) mass is 717 g/mol. The Morgan fingerprint density at radius 2 is 0.946 bits per heavy atom. The van der Waals surface area contributed by atoms with Gasteiger partial charge >= 0.3 is 0 Å². The molecule has 0 amide bonds. The molecule has 1 aliphatic rings. The van der Waals surface area contributed by atoms with Crippen LogP contribution in [0.3, 0.4) is 0 Å². The van der Waals surface area contributed by atoms with Crippen molar-refractivity contribution >= 4 is 44.6 Å². The highest BCUT2D eigenvalue weighted by Crippen LogP contribution is 2.51. The van der Waals surface area contributed by atoms with E-state index in [1.165, 1.54) is 72.1 Å². The molecule has 56 heavy (non-hydrogen) atoms. The van der Waals surface area contributed by atoms with Gasteiger partial charge in [-0.2, -0.15) is 0 Å². The number of fused-ring (bicyclic) bond motifs is 8. The molecule has 0 unspecified atom stereocenters. The molecular weight excluding hydrogens is 679 g/mol. The number of aromatic nitrogens is 2. The predicted octanol–water partition coefficient (Wildman–Crippen LogP) is 14.1. The smallest absolute Gasteiger partial charge is 0.131 e. The molecule has 2 heterocycles. The van der Waals surface area contributed by atoms with E-state index in [2.05, 4.69) is 228 Å². The molecule has 0 spiro atoms. The fourth-order valence-electron chi connectivity index (χ4n) is 9.25. The van der Waals surface area contributed by atoms with Crippen molar-refractivity contribution < 1.29 is 0 Å². The minimum absolute atomic E-state index is 0.104. The van der Waals surface area contributed by atoms with Crippen LogP contribution in [-0.2, 0) is 5.41 Å². The van der Waals surface area contributed by atoms with E-state index >= 15 is 0 Å². The Balaban J connectivity index is 1.09. The first-order chi connectivity index (χ1) is 27.6. The number of nitrogens with zero attached hydrogens (tertiary/aromatic N) is 3. The van der Waals surface area contributed by atoms with Crippen LogP contribution in [0.5, 0.6) is 0 Å². The Kier molecular flexibility index (Phi) is 7.20. The molecule has 0 radical (unpaired) electrons. The van der Waals surface area contributed by atoms with Crippen molar-refractivity contribution in [2.45, 2.75) is 19.3 Å². The van der Waals surface area contributed by atoms with E-state index < -0.39 is 0 Å². The average Bonchev–Trinajstić information content (AvgIpc) is 3.85. The third-order valence-corrected chi connectivity index (χ3v) is 11.9. The molecule has 1 aliphatic carbocycles. The molecule has 0 aliphatic heterocycles. The molecule has 0 saturated heterocycles. The number of benzene rings is 8. The SMILES string of the molecule is CC1(C)c2ccccc2-c2ccc(N(c3ccc(-c4ccccc4)cc3)c3ccc(-n4c5ccccc5n5c6ccccc6c(-c6ccccc6)c45)cc3)cc21. The van der Waals surface area contributed by atoms with Gasteiger partial charge in [-0.15, -0.1) is 0 Å². The third kappa shape index (κ3) is 4.84. The number of imidazole rings is 1. The highest BCUT2D eigenvalue weighted by atomic mass is 15.2.